The molecule has 0 atom stereocenters. The second-order valence-electron chi connectivity index (χ2n) is 6.86. The predicted octanol–water partition coefficient (Wildman–Crippen LogP) is 3.11. The summed E-state index contributed by atoms with van der Waals surface area (Å²) in [6.07, 6.45) is 1.10. The third-order valence-electron chi connectivity index (χ3n) is 3.74. The first-order valence-corrected chi connectivity index (χ1v) is 8.60. The quantitative estimate of drug-likeness (QED) is 0.651. The summed E-state index contributed by atoms with van der Waals surface area (Å²) in [5.74, 6) is 1.40. The summed E-state index contributed by atoms with van der Waals surface area (Å²) in [5.41, 5.74) is 0.440. The fourth-order valence-corrected chi connectivity index (χ4v) is 2.15. The molecule has 1 rings (SSSR count). The number of amides is 1. The minimum Gasteiger partial charge on any atom is -0.493 e. The van der Waals surface area contributed by atoms with Crippen molar-refractivity contribution in [3.05, 3.63) is 29.8 Å². The zero-order chi connectivity index (χ0) is 17.3. The van der Waals surface area contributed by atoms with Crippen LogP contribution >= 0.6 is 0 Å². The van der Waals surface area contributed by atoms with Crippen molar-refractivity contribution >= 4 is 5.91 Å². The second-order valence-corrected chi connectivity index (χ2v) is 6.86. The Kier molecular flexibility index (Phi) is 8.10. The maximum atomic E-state index is 12.4. The SMILES string of the molecule is CCCNCCNC(=O)C(C)(C)c1ccc(OCC(C)C)cc1. The Balaban J connectivity index is 2.55. The molecule has 0 spiro atoms. The van der Waals surface area contributed by atoms with Crippen molar-refractivity contribution in [2.75, 3.05) is 26.2 Å². The van der Waals surface area contributed by atoms with Gasteiger partial charge in [0.05, 0.1) is 12.0 Å². The molecule has 0 aliphatic heterocycles. The lowest BCUT2D eigenvalue weighted by atomic mass is 9.83. The lowest BCUT2D eigenvalue weighted by molar-refractivity contribution is -0.125. The average molecular weight is 320 g/mol. The topological polar surface area (TPSA) is 50.4 Å². The average Bonchev–Trinajstić information content (AvgIpc) is 2.52. The summed E-state index contributed by atoms with van der Waals surface area (Å²) in [7, 11) is 0. The Morgan fingerprint density at radius 3 is 2.35 bits per heavy atom. The molecule has 0 fully saturated rings. The van der Waals surface area contributed by atoms with Crippen molar-refractivity contribution in [3.63, 3.8) is 0 Å². The Morgan fingerprint density at radius 1 is 1.13 bits per heavy atom. The minimum absolute atomic E-state index is 0.0478. The zero-order valence-corrected chi connectivity index (χ0v) is 15.2. The zero-order valence-electron chi connectivity index (χ0n) is 15.2. The molecule has 0 aliphatic rings. The van der Waals surface area contributed by atoms with Crippen LogP contribution in [0.15, 0.2) is 24.3 Å². The second kappa shape index (κ2) is 9.56. The van der Waals surface area contributed by atoms with Gasteiger partial charge < -0.3 is 15.4 Å². The summed E-state index contributed by atoms with van der Waals surface area (Å²) in [5, 5.41) is 6.28. The smallest absolute Gasteiger partial charge is 0.230 e. The van der Waals surface area contributed by atoms with E-state index in [9.17, 15) is 4.79 Å². The van der Waals surface area contributed by atoms with Gasteiger partial charge in [-0.1, -0.05) is 32.9 Å². The summed E-state index contributed by atoms with van der Waals surface area (Å²) in [6, 6.07) is 7.83. The van der Waals surface area contributed by atoms with Crippen LogP contribution < -0.4 is 15.4 Å². The molecule has 0 aromatic heterocycles. The maximum absolute atomic E-state index is 12.4. The third-order valence-corrected chi connectivity index (χ3v) is 3.74. The van der Waals surface area contributed by atoms with Gasteiger partial charge in [-0.3, -0.25) is 4.79 Å². The standard InChI is InChI=1S/C19H32N2O2/c1-6-11-20-12-13-21-18(22)19(4,5)16-7-9-17(10-8-16)23-14-15(2)3/h7-10,15,20H,6,11-14H2,1-5H3,(H,21,22). The molecule has 23 heavy (non-hydrogen) atoms. The molecule has 1 aromatic carbocycles. The number of carbonyl (C=O) groups is 1. The van der Waals surface area contributed by atoms with E-state index in [4.69, 9.17) is 4.74 Å². The van der Waals surface area contributed by atoms with Crippen molar-refractivity contribution < 1.29 is 9.53 Å². The number of benzene rings is 1. The van der Waals surface area contributed by atoms with Gasteiger partial charge in [-0.25, -0.2) is 0 Å². The fourth-order valence-electron chi connectivity index (χ4n) is 2.15. The monoisotopic (exact) mass is 320 g/mol. The summed E-state index contributed by atoms with van der Waals surface area (Å²) >= 11 is 0. The van der Waals surface area contributed by atoms with Crippen molar-refractivity contribution in [1.82, 2.24) is 10.6 Å². The number of carbonyl (C=O) groups excluding carboxylic acids is 1. The predicted molar refractivity (Wildman–Crippen MR) is 96.0 cm³/mol. The van der Waals surface area contributed by atoms with E-state index < -0.39 is 5.41 Å². The highest BCUT2D eigenvalue weighted by Gasteiger charge is 2.29. The molecule has 2 N–H and O–H groups in total. The molecule has 0 bridgehead atoms. The van der Waals surface area contributed by atoms with Gasteiger partial charge in [-0.15, -0.1) is 0 Å². The normalized spacial score (nSPS) is 11.6. The first-order valence-electron chi connectivity index (χ1n) is 8.60. The van der Waals surface area contributed by atoms with Crippen LogP contribution in [0.25, 0.3) is 0 Å². The largest absolute Gasteiger partial charge is 0.493 e. The van der Waals surface area contributed by atoms with Crippen LogP contribution in [0.3, 0.4) is 0 Å². The van der Waals surface area contributed by atoms with Crippen LogP contribution in [-0.4, -0.2) is 32.1 Å². The summed E-state index contributed by atoms with van der Waals surface area (Å²) < 4.78 is 5.69. The molecular formula is C19H32N2O2. The van der Waals surface area contributed by atoms with E-state index in [1.54, 1.807) is 0 Å². The number of ether oxygens (including phenoxy) is 1. The molecule has 0 saturated heterocycles. The van der Waals surface area contributed by atoms with Gasteiger partial charge in [0, 0.05) is 13.1 Å². The Bertz CT molecular complexity index is 467. The van der Waals surface area contributed by atoms with Gasteiger partial charge >= 0.3 is 0 Å². The Labute approximate surface area is 141 Å². The Hall–Kier alpha value is -1.55. The van der Waals surface area contributed by atoms with Gasteiger partial charge in [-0.2, -0.15) is 0 Å². The highest BCUT2D eigenvalue weighted by atomic mass is 16.5. The first kappa shape index (κ1) is 19.5. The number of nitrogens with one attached hydrogen (secondary N) is 2. The molecule has 0 unspecified atom stereocenters. The minimum atomic E-state index is -0.554. The van der Waals surface area contributed by atoms with Gasteiger partial charge in [-0.05, 0) is 50.4 Å². The van der Waals surface area contributed by atoms with Gasteiger partial charge in [0.1, 0.15) is 5.75 Å². The van der Waals surface area contributed by atoms with Crippen molar-refractivity contribution in [3.8, 4) is 5.75 Å². The lowest BCUT2D eigenvalue weighted by Gasteiger charge is -2.24. The van der Waals surface area contributed by atoms with Crippen LogP contribution in [-0.2, 0) is 10.2 Å². The van der Waals surface area contributed by atoms with Crippen LogP contribution in [0.1, 0.15) is 46.6 Å². The van der Waals surface area contributed by atoms with E-state index in [0.717, 1.165) is 30.8 Å². The Morgan fingerprint density at radius 2 is 1.78 bits per heavy atom. The van der Waals surface area contributed by atoms with Gasteiger partial charge in [0.15, 0.2) is 0 Å². The summed E-state index contributed by atoms with van der Waals surface area (Å²) in [6.45, 7) is 13.4. The molecule has 0 saturated carbocycles. The molecular weight excluding hydrogens is 288 g/mol. The van der Waals surface area contributed by atoms with E-state index in [1.807, 2.05) is 38.1 Å². The maximum Gasteiger partial charge on any atom is 0.230 e. The molecule has 1 amide bonds. The molecule has 1 aromatic rings. The highest BCUT2D eigenvalue weighted by Crippen LogP contribution is 2.25. The van der Waals surface area contributed by atoms with Crippen molar-refractivity contribution in [2.24, 2.45) is 5.92 Å². The lowest BCUT2D eigenvalue weighted by Crippen LogP contribution is -2.42. The number of rotatable bonds is 10. The van der Waals surface area contributed by atoms with Crippen LogP contribution in [0.5, 0.6) is 5.75 Å². The number of hydrogen-bond donors (Lipinski definition) is 2. The first-order chi connectivity index (χ1) is 10.9. The van der Waals surface area contributed by atoms with Crippen LogP contribution in [0.4, 0.5) is 0 Å². The van der Waals surface area contributed by atoms with E-state index >= 15 is 0 Å². The molecule has 4 heteroatoms. The molecule has 130 valence electrons. The molecule has 0 radical (unpaired) electrons. The summed E-state index contributed by atoms with van der Waals surface area (Å²) in [4.78, 5) is 12.4. The van der Waals surface area contributed by atoms with E-state index in [-0.39, 0.29) is 5.91 Å². The number of hydrogen-bond acceptors (Lipinski definition) is 3. The fraction of sp³-hybridized carbons (Fsp3) is 0.632. The van der Waals surface area contributed by atoms with E-state index in [1.165, 1.54) is 0 Å². The molecule has 0 aliphatic carbocycles. The van der Waals surface area contributed by atoms with Crippen LogP contribution in [0, 0.1) is 5.92 Å². The van der Waals surface area contributed by atoms with Gasteiger partial charge in [0.25, 0.3) is 0 Å². The molecule has 0 heterocycles. The van der Waals surface area contributed by atoms with E-state index in [0.29, 0.717) is 19.1 Å². The molecule has 4 nitrogen and oxygen atoms in total. The van der Waals surface area contributed by atoms with E-state index in [2.05, 4.69) is 31.4 Å². The van der Waals surface area contributed by atoms with Crippen molar-refractivity contribution in [1.29, 1.82) is 0 Å². The van der Waals surface area contributed by atoms with Crippen molar-refractivity contribution in [2.45, 2.75) is 46.5 Å². The van der Waals surface area contributed by atoms with Crippen LogP contribution in [0.2, 0.25) is 0 Å². The van der Waals surface area contributed by atoms with Gasteiger partial charge in [0.2, 0.25) is 5.91 Å². The highest BCUT2D eigenvalue weighted by molar-refractivity contribution is 5.87. The third kappa shape index (κ3) is 6.61.